The average Bonchev–Trinajstić information content (AvgIpc) is 2.48. The van der Waals surface area contributed by atoms with E-state index in [2.05, 4.69) is 22.8 Å². The van der Waals surface area contributed by atoms with Crippen LogP contribution in [0.1, 0.15) is 17.2 Å². The van der Waals surface area contributed by atoms with Gasteiger partial charge in [0.05, 0.1) is 12.0 Å². The molecule has 23 heavy (non-hydrogen) atoms. The second-order valence-electron chi connectivity index (χ2n) is 5.66. The summed E-state index contributed by atoms with van der Waals surface area (Å²) in [6.45, 7) is 1.54. The summed E-state index contributed by atoms with van der Waals surface area (Å²) in [7, 11) is 0. The van der Waals surface area contributed by atoms with Crippen LogP contribution in [0.25, 0.3) is 0 Å². The maximum atomic E-state index is 12.3. The number of benzene rings is 2. The van der Waals surface area contributed by atoms with Crippen molar-refractivity contribution < 1.29 is 4.79 Å². The molecular formula is C18H20Cl2N2O. The van der Waals surface area contributed by atoms with Gasteiger partial charge in [-0.15, -0.1) is 12.4 Å². The van der Waals surface area contributed by atoms with Crippen molar-refractivity contribution in [3.63, 3.8) is 0 Å². The molecular weight excluding hydrogens is 331 g/mol. The van der Waals surface area contributed by atoms with Crippen molar-refractivity contribution in [3.05, 3.63) is 70.7 Å². The molecule has 1 atom stereocenters. The van der Waals surface area contributed by atoms with Crippen molar-refractivity contribution in [2.75, 3.05) is 13.1 Å². The van der Waals surface area contributed by atoms with Gasteiger partial charge in [-0.05, 0) is 29.7 Å². The van der Waals surface area contributed by atoms with Gasteiger partial charge in [-0.1, -0.05) is 54.1 Å². The van der Waals surface area contributed by atoms with E-state index in [0.717, 1.165) is 35.7 Å². The molecule has 0 bridgehead atoms. The Hall–Kier alpha value is -1.55. The second-order valence-corrected chi connectivity index (χ2v) is 6.09. The molecule has 2 aromatic carbocycles. The highest BCUT2D eigenvalue weighted by atomic mass is 35.5. The van der Waals surface area contributed by atoms with Crippen molar-refractivity contribution in [1.82, 2.24) is 10.6 Å². The number of carbonyl (C=O) groups excluding carboxylic acids is 1. The molecule has 0 spiro atoms. The van der Waals surface area contributed by atoms with Crippen LogP contribution >= 0.6 is 24.0 Å². The third-order valence-electron chi connectivity index (χ3n) is 4.02. The molecule has 1 heterocycles. The smallest absolute Gasteiger partial charge is 0.226 e. The first-order valence-corrected chi connectivity index (χ1v) is 7.90. The molecule has 3 nitrogen and oxygen atoms in total. The summed E-state index contributed by atoms with van der Waals surface area (Å²) in [5.41, 5.74) is 2.28. The number of halogens is 2. The Balaban J connectivity index is 0.00000192. The highest BCUT2D eigenvalue weighted by Gasteiger charge is 2.27. The van der Waals surface area contributed by atoms with E-state index in [0.29, 0.717) is 0 Å². The maximum Gasteiger partial charge on any atom is 0.226 e. The van der Waals surface area contributed by atoms with E-state index in [-0.39, 0.29) is 30.3 Å². The zero-order chi connectivity index (χ0) is 15.4. The number of carbonyl (C=O) groups is 1. The molecule has 0 radical (unpaired) electrons. The summed E-state index contributed by atoms with van der Waals surface area (Å²) in [5, 5.41) is 7.05. The van der Waals surface area contributed by atoms with Gasteiger partial charge < -0.3 is 10.6 Å². The van der Waals surface area contributed by atoms with E-state index in [4.69, 9.17) is 11.6 Å². The minimum Gasteiger partial charge on any atom is -0.349 e. The van der Waals surface area contributed by atoms with Gasteiger partial charge in [0.15, 0.2) is 0 Å². The number of amides is 1. The van der Waals surface area contributed by atoms with Crippen LogP contribution in [-0.4, -0.2) is 19.0 Å². The minimum absolute atomic E-state index is 0. The molecule has 2 N–H and O–H groups in total. The lowest BCUT2D eigenvalue weighted by atomic mass is 9.96. The highest BCUT2D eigenvalue weighted by molar-refractivity contribution is 6.30. The van der Waals surface area contributed by atoms with Crippen LogP contribution in [0.4, 0.5) is 0 Å². The zero-order valence-electron chi connectivity index (χ0n) is 12.7. The highest BCUT2D eigenvalue weighted by Crippen LogP contribution is 2.21. The van der Waals surface area contributed by atoms with E-state index < -0.39 is 0 Å². The number of hydrogen-bond acceptors (Lipinski definition) is 2. The number of nitrogens with one attached hydrogen (secondary N) is 2. The van der Waals surface area contributed by atoms with Gasteiger partial charge >= 0.3 is 0 Å². The minimum atomic E-state index is -0.0181. The van der Waals surface area contributed by atoms with Crippen LogP contribution in [0, 0.1) is 5.92 Å². The van der Waals surface area contributed by atoms with Crippen LogP contribution in [0.15, 0.2) is 54.6 Å². The predicted molar refractivity (Wildman–Crippen MR) is 96.1 cm³/mol. The van der Waals surface area contributed by atoms with Crippen molar-refractivity contribution in [1.29, 1.82) is 0 Å². The van der Waals surface area contributed by atoms with E-state index in [1.807, 2.05) is 42.5 Å². The molecule has 122 valence electrons. The largest absolute Gasteiger partial charge is 0.349 e. The fourth-order valence-corrected chi connectivity index (χ4v) is 2.68. The normalized spacial score (nSPS) is 15.2. The van der Waals surface area contributed by atoms with Crippen LogP contribution < -0.4 is 10.6 Å². The maximum absolute atomic E-state index is 12.3. The van der Waals surface area contributed by atoms with Gasteiger partial charge in [-0.2, -0.15) is 0 Å². The van der Waals surface area contributed by atoms with Crippen molar-refractivity contribution in [3.8, 4) is 0 Å². The Morgan fingerprint density at radius 3 is 2.35 bits per heavy atom. The third kappa shape index (κ3) is 4.71. The summed E-state index contributed by atoms with van der Waals surface area (Å²) >= 11 is 5.94. The van der Waals surface area contributed by atoms with Gasteiger partial charge in [-0.3, -0.25) is 4.79 Å². The Labute approximate surface area is 147 Å². The molecule has 3 rings (SSSR count). The van der Waals surface area contributed by atoms with Crippen LogP contribution in [0.5, 0.6) is 0 Å². The molecule has 5 heteroatoms. The topological polar surface area (TPSA) is 41.1 Å². The van der Waals surface area contributed by atoms with Gasteiger partial charge in [0.25, 0.3) is 0 Å². The van der Waals surface area contributed by atoms with E-state index >= 15 is 0 Å². The first-order chi connectivity index (χ1) is 10.7. The monoisotopic (exact) mass is 350 g/mol. The van der Waals surface area contributed by atoms with Gasteiger partial charge in [0, 0.05) is 18.1 Å². The molecule has 1 aliphatic rings. The van der Waals surface area contributed by atoms with E-state index in [1.54, 1.807) is 0 Å². The lowest BCUT2D eigenvalue weighted by molar-refractivity contribution is -0.127. The lowest BCUT2D eigenvalue weighted by Crippen LogP contribution is -2.51. The summed E-state index contributed by atoms with van der Waals surface area (Å²) in [5.74, 6) is 0.220. The molecule has 1 amide bonds. The van der Waals surface area contributed by atoms with Crippen LogP contribution in [0.3, 0.4) is 0 Å². The third-order valence-corrected chi connectivity index (χ3v) is 4.28. The summed E-state index contributed by atoms with van der Waals surface area (Å²) < 4.78 is 0. The summed E-state index contributed by atoms with van der Waals surface area (Å²) in [4.78, 5) is 12.3. The van der Waals surface area contributed by atoms with Gasteiger partial charge in [0.2, 0.25) is 5.91 Å². The molecule has 0 aromatic heterocycles. The standard InChI is InChI=1S/C18H19ClN2O.ClH/c19-16-8-6-13(7-9-16)10-17(14-4-2-1-3-5-14)21-18(22)15-11-20-12-15;/h1-9,15,17,20H,10-12H2,(H,21,22);1H. The average molecular weight is 351 g/mol. The molecule has 1 aliphatic heterocycles. The SMILES string of the molecule is Cl.O=C(NC(Cc1ccc(Cl)cc1)c1ccccc1)C1CNC1. The fraction of sp³-hybridized carbons (Fsp3) is 0.278. The fourth-order valence-electron chi connectivity index (χ4n) is 2.56. The zero-order valence-corrected chi connectivity index (χ0v) is 14.2. The molecule has 1 unspecified atom stereocenters. The Morgan fingerprint density at radius 2 is 1.78 bits per heavy atom. The van der Waals surface area contributed by atoms with Crippen LogP contribution in [-0.2, 0) is 11.2 Å². The van der Waals surface area contributed by atoms with Crippen LogP contribution in [0.2, 0.25) is 5.02 Å². The van der Waals surface area contributed by atoms with Crippen molar-refractivity contribution >= 4 is 29.9 Å². The number of rotatable bonds is 5. The molecule has 0 saturated carbocycles. The van der Waals surface area contributed by atoms with Gasteiger partial charge in [0.1, 0.15) is 0 Å². The molecule has 0 aliphatic carbocycles. The summed E-state index contributed by atoms with van der Waals surface area (Å²) in [6.07, 6.45) is 0.757. The first-order valence-electron chi connectivity index (χ1n) is 7.53. The first kappa shape index (κ1) is 17.8. The second kappa shape index (κ2) is 8.34. The molecule has 2 aromatic rings. The Bertz CT molecular complexity index is 627. The summed E-state index contributed by atoms with van der Waals surface area (Å²) in [6, 6.07) is 17.9. The lowest BCUT2D eigenvalue weighted by Gasteiger charge is -2.29. The predicted octanol–water partition coefficient (Wildman–Crippen LogP) is 3.38. The number of hydrogen-bond donors (Lipinski definition) is 2. The van der Waals surface area contributed by atoms with E-state index in [1.165, 1.54) is 0 Å². The quantitative estimate of drug-likeness (QED) is 0.867. The van der Waals surface area contributed by atoms with E-state index in [9.17, 15) is 4.79 Å². The molecule has 1 saturated heterocycles. The van der Waals surface area contributed by atoms with Crippen molar-refractivity contribution in [2.24, 2.45) is 5.92 Å². The Morgan fingerprint density at radius 1 is 1.13 bits per heavy atom. The van der Waals surface area contributed by atoms with Crippen molar-refractivity contribution in [2.45, 2.75) is 12.5 Å². The Kier molecular flexibility index (Phi) is 6.46. The van der Waals surface area contributed by atoms with Gasteiger partial charge in [-0.25, -0.2) is 0 Å². The molecule has 1 fully saturated rings.